The fourth-order valence-corrected chi connectivity index (χ4v) is 3.37. The summed E-state index contributed by atoms with van der Waals surface area (Å²) in [5, 5.41) is 9.79. The fraction of sp³-hybridized carbons (Fsp3) is 0.417. The second kappa shape index (κ2) is 5.21. The summed E-state index contributed by atoms with van der Waals surface area (Å²) in [4.78, 5) is 13.2. The molecule has 1 aromatic rings. The molecular weight excluding hydrogens is 309 g/mol. The minimum Gasteiger partial charge on any atom is -0.506 e. The van der Waals surface area contributed by atoms with E-state index >= 15 is 0 Å². The van der Waals surface area contributed by atoms with E-state index in [2.05, 4.69) is 0 Å². The molecular formula is C12H13ClFNO4S. The third-order valence-corrected chi connectivity index (χ3v) is 4.47. The van der Waals surface area contributed by atoms with Crippen LogP contribution in [0, 0.1) is 12.8 Å². The SMILES string of the molecule is Cc1ccc(N2CC(CS(=O)(=O)F)CC2=O)c(Cl)c1O. The predicted octanol–water partition coefficient (Wildman–Crippen LogP) is 2.01. The van der Waals surface area contributed by atoms with Gasteiger partial charge in [-0.3, -0.25) is 4.79 Å². The molecule has 1 heterocycles. The van der Waals surface area contributed by atoms with Gasteiger partial charge in [0.1, 0.15) is 10.8 Å². The average Bonchev–Trinajstić information content (AvgIpc) is 2.65. The minimum absolute atomic E-state index is 0.0297. The Kier molecular flexibility index (Phi) is 3.93. The standard InChI is InChI=1S/C12H13ClFNO4S/c1-7-2-3-9(11(13)12(7)17)15-5-8(4-10(15)16)6-20(14,18)19/h2-3,8,17H,4-6H2,1H3. The molecule has 0 spiro atoms. The van der Waals surface area contributed by atoms with Crippen LogP contribution < -0.4 is 4.90 Å². The van der Waals surface area contributed by atoms with Crippen LogP contribution in [-0.4, -0.2) is 31.7 Å². The highest BCUT2D eigenvalue weighted by Crippen LogP contribution is 2.38. The van der Waals surface area contributed by atoms with E-state index in [9.17, 15) is 22.2 Å². The minimum atomic E-state index is -4.62. The molecule has 8 heteroatoms. The van der Waals surface area contributed by atoms with E-state index in [1.807, 2.05) is 0 Å². The van der Waals surface area contributed by atoms with Crippen LogP contribution in [0.3, 0.4) is 0 Å². The van der Waals surface area contributed by atoms with Gasteiger partial charge in [-0.05, 0) is 18.6 Å². The smallest absolute Gasteiger partial charge is 0.302 e. The second-order valence-corrected chi connectivity index (χ2v) is 6.63. The van der Waals surface area contributed by atoms with E-state index in [0.717, 1.165) is 0 Å². The number of hydrogen-bond acceptors (Lipinski definition) is 4. The van der Waals surface area contributed by atoms with Gasteiger partial charge in [0.05, 0.1) is 11.4 Å². The Bertz CT molecular complexity index is 662. The highest BCUT2D eigenvalue weighted by molar-refractivity contribution is 7.86. The first kappa shape index (κ1) is 15.1. The monoisotopic (exact) mass is 321 g/mol. The number of anilines is 1. The molecule has 110 valence electrons. The zero-order valence-electron chi connectivity index (χ0n) is 10.6. The predicted molar refractivity (Wildman–Crippen MR) is 73.2 cm³/mol. The molecule has 1 fully saturated rings. The van der Waals surface area contributed by atoms with Crippen molar-refractivity contribution in [2.75, 3.05) is 17.2 Å². The molecule has 0 aromatic heterocycles. The lowest BCUT2D eigenvalue weighted by molar-refractivity contribution is -0.117. The molecule has 1 aliphatic rings. The maximum Gasteiger partial charge on any atom is 0.302 e. The van der Waals surface area contributed by atoms with Crippen LogP contribution >= 0.6 is 11.6 Å². The van der Waals surface area contributed by atoms with Gasteiger partial charge in [0.25, 0.3) is 0 Å². The maximum absolute atomic E-state index is 12.7. The average molecular weight is 322 g/mol. The summed E-state index contributed by atoms with van der Waals surface area (Å²) in [6.45, 7) is 1.72. The summed E-state index contributed by atoms with van der Waals surface area (Å²) < 4.78 is 34.0. The molecule has 1 aromatic carbocycles. The first-order chi connectivity index (χ1) is 9.19. The molecule has 1 aliphatic heterocycles. The number of phenols is 1. The van der Waals surface area contributed by atoms with E-state index in [1.54, 1.807) is 19.1 Å². The van der Waals surface area contributed by atoms with Gasteiger partial charge in [-0.15, -0.1) is 3.89 Å². The van der Waals surface area contributed by atoms with Crippen LogP contribution in [0.4, 0.5) is 9.57 Å². The van der Waals surface area contributed by atoms with Crippen LogP contribution in [0.15, 0.2) is 12.1 Å². The molecule has 1 N–H and O–H groups in total. The van der Waals surface area contributed by atoms with E-state index in [-0.39, 0.29) is 29.6 Å². The number of rotatable bonds is 3. The lowest BCUT2D eigenvalue weighted by Gasteiger charge is -2.19. The number of carbonyl (C=O) groups is 1. The largest absolute Gasteiger partial charge is 0.506 e. The van der Waals surface area contributed by atoms with E-state index < -0.39 is 21.9 Å². The van der Waals surface area contributed by atoms with Crippen molar-refractivity contribution in [3.05, 3.63) is 22.7 Å². The molecule has 0 aliphatic carbocycles. The van der Waals surface area contributed by atoms with Gasteiger partial charge < -0.3 is 10.0 Å². The first-order valence-electron chi connectivity index (χ1n) is 5.90. The maximum atomic E-state index is 12.7. The lowest BCUT2D eigenvalue weighted by atomic mass is 10.1. The molecule has 1 amide bonds. The van der Waals surface area contributed by atoms with E-state index in [0.29, 0.717) is 11.3 Å². The van der Waals surface area contributed by atoms with Crippen LogP contribution in [-0.2, 0) is 15.0 Å². The number of halogens is 2. The number of aryl methyl sites for hydroxylation is 1. The Labute approximate surface area is 121 Å². The van der Waals surface area contributed by atoms with Crippen molar-refractivity contribution in [2.24, 2.45) is 5.92 Å². The van der Waals surface area contributed by atoms with Crippen molar-refractivity contribution in [1.29, 1.82) is 0 Å². The number of aromatic hydroxyl groups is 1. The van der Waals surface area contributed by atoms with Gasteiger partial charge in [0, 0.05) is 18.9 Å². The topological polar surface area (TPSA) is 74.7 Å². The lowest BCUT2D eigenvalue weighted by Crippen LogP contribution is -2.25. The van der Waals surface area contributed by atoms with Crippen molar-refractivity contribution in [3.8, 4) is 5.75 Å². The summed E-state index contributed by atoms with van der Waals surface area (Å²) in [7, 11) is -4.62. The summed E-state index contributed by atoms with van der Waals surface area (Å²) in [6, 6.07) is 3.17. The highest BCUT2D eigenvalue weighted by Gasteiger charge is 2.34. The van der Waals surface area contributed by atoms with Gasteiger partial charge >= 0.3 is 10.2 Å². The van der Waals surface area contributed by atoms with Crippen molar-refractivity contribution in [3.63, 3.8) is 0 Å². The van der Waals surface area contributed by atoms with Gasteiger partial charge in [-0.2, -0.15) is 8.42 Å². The molecule has 1 unspecified atom stereocenters. The molecule has 0 saturated carbocycles. The summed E-state index contributed by atoms with van der Waals surface area (Å²) >= 11 is 5.99. The van der Waals surface area contributed by atoms with Crippen LogP contribution in [0.25, 0.3) is 0 Å². The quantitative estimate of drug-likeness (QED) is 0.864. The van der Waals surface area contributed by atoms with Crippen molar-refractivity contribution in [1.82, 2.24) is 0 Å². The Balaban J connectivity index is 2.27. The molecule has 0 radical (unpaired) electrons. The Morgan fingerprint density at radius 3 is 2.75 bits per heavy atom. The molecule has 0 bridgehead atoms. The van der Waals surface area contributed by atoms with Crippen molar-refractivity contribution in [2.45, 2.75) is 13.3 Å². The van der Waals surface area contributed by atoms with Crippen LogP contribution in [0.1, 0.15) is 12.0 Å². The van der Waals surface area contributed by atoms with Crippen LogP contribution in [0.2, 0.25) is 5.02 Å². The fourth-order valence-electron chi connectivity index (χ4n) is 2.27. The number of phenolic OH excluding ortho intramolecular Hbond substituents is 1. The second-order valence-electron chi connectivity index (χ2n) is 4.84. The normalized spacial score (nSPS) is 19.6. The van der Waals surface area contributed by atoms with E-state index in [4.69, 9.17) is 11.6 Å². The molecule has 2 rings (SSSR count). The molecule has 1 saturated heterocycles. The zero-order valence-corrected chi connectivity index (χ0v) is 12.2. The highest BCUT2D eigenvalue weighted by atomic mass is 35.5. The summed E-state index contributed by atoms with van der Waals surface area (Å²) in [5.41, 5.74) is 0.867. The van der Waals surface area contributed by atoms with Crippen molar-refractivity contribution >= 4 is 33.4 Å². The Morgan fingerprint density at radius 2 is 2.15 bits per heavy atom. The molecule has 20 heavy (non-hydrogen) atoms. The third kappa shape index (κ3) is 3.04. The Morgan fingerprint density at radius 1 is 1.50 bits per heavy atom. The molecule has 1 atom stereocenters. The number of carbonyl (C=O) groups excluding carboxylic acids is 1. The zero-order chi connectivity index (χ0) is 15.1. The first-order valence-corrected chi connectivity index (χ1v) is 7.83. The van der Waals surface area contributed by atoms with Gasteiger partial charge in [0.2, 0.25) is 5.91 Å². The summed E-state index contributed by atoms with van der Waals surface area (Å²) in [5.74, 6) is -1.77. The molecule has 5 nitrogen and oxygen atoms in total. The third-order valence-electron chi connectivity index (χ3n) is 3.23. The van der Waals surface area contributed by atoms with Gasteiger partial charge in [0.15, 0.2) is 0 Å². The number of nitrogens with zero attached hydrogens (tertiary/aromatic N) is 1. The van der Waals surface area contributed by atoms with Crippen LogP contribution in [0.5, 0.6) is 5.75 Å². The summed E-state index contributed by atoms with van der Waals surface area (Å²) in [6.07, 6.45) is -0.0614. The number of benzene rings is 1. The van der Waals surface area contributed by atoms with Gasteiger partial charge in [-0.25, -0.2) is 0 Å². The number of amides is 1. The number of hydrogen-bond donors (Lipinski definition) is 1. The Hall–Kier alpha value is -1.34. The van der Waals surface area contributed by atoms with Crippen molar-refractivity contribution < 1.29 is 22.2 Å². The van der Waals surface area contributed by atoms with Gasteiger partial charge in [-0.1, -0.05) is 17.7 Å². The van der Waals surface area contributed by atoms with E-state index in [1.165, 1.54) is 4.90 Å².